The summed E-state index contributed by atoms with van der Waals surface area (Å²) in [7, 11) is 1.99. The summed E-state index contributed by atoms with van der Waals surface area (Å²) in [5.74, 6) is 1.04. The Kier molecular flexibility index (Phi) is 3.79. The van der Waals surface area contributed by atoms with Gasteiger partial charge in [-0.3, -0.25) is 4.79 Å². The third-order valence-corrected chi connectivity index (χ3v) is 4.76. The van der Waals surface area contributed by atoms with Crippen LogP contribution in [0, 0.1) is 11.3 Å². The first-order valence-corrected chi connectivity index (χ1v) is 7.71. The number of likely N-dealkylation sites (tertiary alicyclic amines) is 1. The first kappa shape index (κ1) is 13.6. The van der Waals surface area contributed by atoms with Gasteiger partial charge < -0.3 is 10.2 Å². The lowest BCUT2D eigenvalue weighted by Crippen LogP contribution is -2.37. The van der Waals surface area contributed by atoms with Crippen molar-refractivity contribution >= 4 is 5.91 Å². The van der Waals surface area contributed by atoms with Gasteiger partial charge in [0, 0.05) is 13.1 Å². The predicted molar refractivity (Wildman–Crippen MR) is 80.4 cm³/mol. The molecule has 0 spiro atoms. The number of benzene rings is 1. The molecule has 1 N–H and O–H groups in total. The highest BCUT2D eigenvalue weighted by molar-refractivity contribution is 5.86. The standard InChI is InChI=1S/C17H24N2O/c1-18-12-15-7-10-19(13-15)16(20)17(8-9-17)11-14-5-3-2-4-6-14/h2-6,15,18H,7-13H2,1H3. The van der Waals surface area contributed by atoms with E-state index in [0.29, 0.717) is 11.8 Å². The maximum absolute atomic E-state index is 12.8. The molecule has 1 aromatic rings. The molecule has 3 nitrogen and oxygen atoms in total. The van der Waals surface area contributed by atoms with Crippen molar-refractivity contribution in [3.8, 4) is 0 Å². The van der Waals surface area contributed by atoms with Crippen LogP contribution in [0.15, 0.2) is 30.3 Å². The van der Waals surface area contributed by atoms with E-state index in [2.05, 4.69) is 34.5 Å². The van der Waals surface area contributed by atoms with Crippen LogP contribution >= 0.6 is 0 Å². The maximum atomic E-state index is 12.8. The molecule has 1 unspecified atom stereocenters. The Labute approximate surface area is 121 Å². The normalized spacial score (nSPS) is 23.9. The summed E-state index contributed by atoms with van der Waals surface area (Å²) >= 11 is 0. The van der Waals surface area contributed by atoms with Crippen LogP contribution in [0.1, 0.15) is 24.8 Å². The van der Waals surface area contributed by atoms with Gasteiger partial charge >= 0.3 is 0 Å². The van der Waals surface area contributed by atoms with Gasteiger partial charge in [0.1, 0.15) is 0 Å². The van der Waals surface area contributed by atoms with Gasteiger partial charge in [-0.15, -0.1) is 0 Å². The lowest BCUT2D eigenvalue weighted by Gasteiger charge is -2.23. The lowest BCUT2D eigenvalue weighted by molar-refractivity contribution is -0.136. The fourth-order valence-electron chi connectivity index (χ4n) is 3.41. The number of hydrogen-bond acceptors (Lipinski definition) is 2. The van der Waals surface area contributed by atoms with Crippen molar-refractivity contribution in [3.05, 3.63) is 35.9 Å². The second-order valence-electron chi connectivity index (χ2n) is 6.41. The number of carbonyl (C=O) groups excluding carboxylic acids is 1. The van der Waals surface area contributed by atoms with Crippen molar-refractivity contribution in [2.24, 2.45) is 11.3 Å². The SMILES string of the molecule is CNCC1CCN(C(=O)C2(Cc3ccccc3)CC2)C1. The molecular weight excluding hydrogens is 248 g/mol. The van der Waals surface area contributed by atoms with Crippen LogP contribution in [0.2, 0.25) is 0 Å². The smallest absolute Gasteiger partial charge is 0.229 e. The van der Waals surface area contributed by atoms with Crippen molar-refractivity contribution in [1.29, 1.82) is 0 Å². The number of nitrogens with one attached hydrogen (secondary N) is 1. The monoisotopic (exact) mass is 272 g/mol. The van der Waals surface area contributed by atoms with E-state index in [1.54, 1.807) is 0 Å². The van der Waals surface area contributed by atoms with Crippen molar-refractivity contribution in [1.82, 2.24) is 10.2 Å². The molecule has 108 valence electrons. The molecule has 20 heavy (non-hydrogen) atoms. The van der Waals surface area contributed by atoms with Crippen molar-refractivity contribution in [2.75, 3.05) is 26.7 Å². The summed E-state index contributed by atoms with van der Waals surface area (Å²) in [6, 6.07) is 10.4. The largest absolute Gasteiger partial charge is 0.342 e. The van der Waals surface area contributed by atoms with E-state index < -0.39 is 0 Å². The van der Waals surface area contributed by atoms with Crippen molar-refractivity contribution in [2.45, 2.75) is 25.7 Å². The molecule has 3 heteroatoms. The Balaban J connectivity index is 1.62. The van der Waals surface area contributed by atoms with Gasteiger partial charge in [0.15, 0.2) is 0 Å². The third kappa shape index (κ3) is 2.73. The number of carbonyl (C=O) groups is 1. The molecule has 1 aromatic carbocycles. The maximum Gasteiger partial charge on any atom is 0.229 e. The van der Waals surface area contributed by atoms with Crippen molar-refractivity contribution in [3.63, 3.8) is 0 Å². The average Bonchev–Trinajstić information content (AvgIpc) is 3.09. The molecule has 3 rings (SSSR count). The Hall–Kier alpha value is -1.35. The molecule has 1 heterocycles. The van der Waals surface area contributed by atoms with E-state index in [1.165, 1.54) is 5.56 Å². The summed E-state index contributed by atoms with van der Waals surface area (Å²) in [6.45, 7) is 2.91. The minimum absolute atomic E-state index is 0.0735. The van der Waals surface area contributed by atoms with E-state index in [9.17, 15) is 4.79 Å². The summed E-state index contributed by atoms with van der Waals surface area (Å²) in [4.78, 5) is 14.9. The van der Waals surface area contributed by atoms with E-state index in [1.807, 2.05) is 13.1 Å². The molecule has 1 saturated heterocycles. The van der Waals surface area contributed by atoms with Crippen LogP contribution in [0.25, 0.3) is 0 Å². The number of amides is 1. The zero-order valence-corrected chi connectivity index (χ0v) is 12.3. The first-order valence-electron chi connectivity index (χ1n) is 7.71. The van der Waals surface area contributed by atoms with Crippen LogP contribution < -0.4 is 5.32 Å². The second kappa shape index (κ2) is 5.57. The molecule has 0 radical (unpaired) electrons. The highest BCUT2D eigenvalue weighted by Gasteiger charge is 2.52. The molecule has 1 atom stereocenters. The van der Waals surface area contributed by atoms with Crippen LogP contribution in [-0.2, 0) is 11.2 Å². The van der Waals surface area contributed by atoms with E-state index in [0.717, 1.165) is 45.3 Å². The highest BCUT2D eigenvalue weighted by Crippen LogP contribution is 2.50. The average molecular weight is 272 g/mol. The minimum atomic E-state index is -0.0735. The Morgan fingerprint density at radius 2 is 2.10 bits per heavy atom. The summed E-state index contributed by atoms with van der Waals surface area (Å²) in [6.07, 6.45) is 4.19. The topological polar surface area (TPSA) is 32.3 Å². The molecule has 1 aliphatic heterocycles. The molecule has 0 aromatic heterocycles. The molecule has 1 aliphatic carbocycles. The molecule has 1 amide bonds. The van der Waals surface area contributed by atoms with E-state index in [-0.39, 0.29) is 5.41 Å². The van der Waals surface area contributed by atoms with Crippen LogP contribution in [0.4, 0.5) is 0 Å². The third-order valence-electron chi connectivity index (χ3n) is 4.76. The predicted octanol–water partition coefficient (Wildman–Crippen LogP) is 2.08. The van der Waals surface area contributed by atoms with E-state index >= 15 is 0 Å². The first-order chi connectivity index (χ1) is 9.73. The summed E-state index contributed by atoms with van der Waals surface area (Å²) in [5, 5.41) is 3.23. The number of rotatable bonds is 5. The number of nitrogens with zero attached hydrogens (tertiary/aromatic N) is 1. The molecular formula is C17H24N2O. The van der Waals surface area contributed by atoms with Crippen LogP contribution in [-0.4, -0.2) is 37.5 Å². The van der Waals surface area contributed by atoms with Gasteiger partial charge in [0.25, 0.3) is 0 Å². The fraction of sp³-hybridized carbons (Fsp3) is 0.588. The van der Waals surface area contributed by atoms with Crippen LogP contribution in [0.3, 0.4) is 0 Å². The Bertz CT molecular complexity index is 467. The molecule has 2 fully saturated rings. The van der Waals surface area contributed by atoms with Gasteiger partial charge in [-0.1, -0.05) is 30.3 Å². The quantitative estimate of drug-likeness (QED) is 0.890. The highest BCUT2D eigenvalue weighted by atomic mass is 16.2. The summed E-state index contributed by atoms with van der Waals surface area (Å²) < 4.78 is 0. The lowest BCUT2D eigenvalue weighted by atomic mass is 9.95. The number of hydrogen-bond donors (Lipinski definition) is 1. The second-order valence-corrected chi connectivity index (χ2v) is 6.41. The molecule has 2 aliphatic rings. The zero-order chi connectivity index (χ0) is 14.0. The van der Waals surface area contributed by atoms with Crippen molar-refractivity contribution < 1.29 is 4.79 Å². The fourth-order valence-corrected chi connectivity index (χ4v) is 3.41. The summed E-state index contributed by atoms with van der Waals surface area (Å²) in [5.41, 5.74) is 1.22. The minimum Gasteiger partial charge on any atom is -0.342 e. The van der Waals surface area contributed by atoms with Gasteiger partial charge in [0.05, 0.1) is 5.41 Å². The Morgan fingerprint density at radius 3 is 2.75 bits per heavy atom. The zero-order valence-electron chi connectivity index (χ0n) is 12.3. The molecule has 1 saturated carbocycles. The van der Waals surface area contributed by atoms with Crippen LogP contribution in [0.5, 0.6) is 0 Å². The van der Waals surface area contributed by atoms with E-state index in [4.69, 9.17) is 0 Å². The molecule has 0 bridgehead atoms. The van der Waals surface area contributed by atoms with Gasteiger partial charge in [-0.25, -0.2) is 0 Å². The van der Waals surface area contributed by atoms with Gasteiger partial charge in [-0.2, -0.15) is 0 Å². The Morgan fingerprint density at radius 1 is 1.35 bits per heavy atom. The van der Waals surface area contributed by atoms with Gasteiger partial charge in [0.2, 0.25) is 5.91 Å². The van der Waals surface area contributed by atoms with Gasteiger partial charge in [-0.05, 0) is 50.8 Å².